The van der Waals surface area contributed by atoms with Crippen LogP contribution in [0.3, 0.4) is 0 Å². The lowest BCUT2D eigenvalue weighted by Crippen LogP contribution is -2.26. The molecule has 0 spiro atoms. The highest BCUT2D eigenvalue weighted by molar-refractivity contribution is 7.92. The minimum atomic E-state index is -3.71. The van der Waals surface area contributed by atoms with Gasteiger partial charge in [-0.05, 0) is 55.5 Å². The minimum absolute atomic E-state index is 0.194. The molecule has 172 valence electrons. The first kappa shape index (κ1) is 23.8. The van der Waals surface area contributed by atoms with Crippen LogP contribution < -0.4 is 19.2 Å². The largest absolute Gasteiger partial charge is 0.493 e. The third kappa shape index (κ3) is 5.32. The number of amides is 1. The monoisotopic (exact) mass is 467 g/mol. The Balaban J connectivity index is 1.70. The zero-order chi connectivity index (χ0) is 24.0. The average molecular weight is 468 g/mol. The molecule has 0 radical (unpaired) electrons. The molecule has 0 atom stereocenters. The first-order valence-corrected chi connectivity index (χ1v) is 11.4. The Morgan fingerprint density at radius 2 is 1.64 bits per heavy atom. The summed E-state index contributed by atoms with van der Waals surface area (Å²) >= 11 is 0. The Morgan fingerprint density at radius 1 is 0.970 bits per heavy atom. The fourth-order valence-electron chi connectivity index (χ4n) is 3.07. The van der Waals surface area contributed by atoms with E-state index in [-0.39, 0.29) is 4.90 Å². The second-order valence-corrected chi connectivity index (χ2v) is 9.08. The number of sulfonamides is 1. The van der Waals surface area contributed by atoms with E-state index >= 15 is 0 Å². The molecule has 0 unspecified atom stereocenters. The molecule has 3 aromatic rings. The summed E-state index contributed by atoms with van der Waals surface area (Å²) in [7, 11) is 0.811. The van der Waals surface area contributed by atoms with E-state index in [9.17, 15) is 13.2 Å². The van der Waals surface area contributed by atoms with Gasteiger partial charge in [0.1, 0.15) is 0 Å². The van der Waals surface area contributed by atoms with Gasteiger partial charge in [-0.25, -0.2) is 13.8 Å². The number of nitrogens with zero attached hydrogens (tertiary/aromatic N) is 2. The number of nitrogens with one attached hydrogen (secondary N) is 1. The second-order valence-electron chi connectivity index (χ2n) is 7.11. The number of carbonyl (C=O) groups is 1. The quantitative estimate of drug-likeness (QED) is 0.403. The van der Waals surface area contributed by atoms with E-state index < -0.39 is 15.9 Å². The van der Waals surface area contributed by atoms with E-state index in [1.807, 2.05) is 6.92 Å². The van der Waals surface area contributed by atoms with Crippen molar-refractivity contribution < 1.29 is 22.7 Å². The molecule has 0 saturated carbocycles. The van der Waals surface area contributed by atoms with E-state index in [1.54, 1.807) is 54.6 Å². The van der Waals surface area contributed by atoms with Gasteiger partial charge >= 0.3 is 0 Å². The Labute approximate surface area is 193 Å². The van der Waals surface area contributed by atoms with Gasteiger partial charge in [-0.2, -0.15) is 5.10 Å². The number of benzene rings is 3. The van der Waals surface area contributed by atoms with Gasteiger partial charge in [0.2, 0.25) is 0 Å². The summed E-state index contributed by atoms with van der Waals surface area (Å²) in [6.45, 7) is 1.89. The number of aryl methyl sites for hydroxylation is 1. The van der Waals surface area contributed by atoms with Crippen molar-refractivity contribution in [2.24, 2.45) is 5.10 Å². The molecule has 0 aromatic heterocycles. The molecule has 0 fully saturated rings. The fraction of sp³-hybridized carbons (Fsp3) is 0.167. The highest BCUT2D eigenvalue weighted by atomic mass is 32.2. The van der Waals surface area contributed by atoms with Crippen molar-refractivity contribution in [3.05, 3.63) is 83.4 Å². The molecular formula is C24H25N3O5S. The van der Waals surface area contributed by atoms with E-state index in [1.165, 1.54) is 43.9 Å². The zero-order valence-corrected chi connectivity index (χ0v) is 19.6. The number of hydrazone groups is 1. The Kier molecular flexibility index (Phi) is 7.34. The second kappa shape index (κ2) is 10.2. The number of hydrogen-bond acceptors (Lipinski definition) is 6. The topological polar surface area (TPSA) is 97.3 Å². The molecule has 0 heterocycles. The van der Waals surface area contributed by atoms with Crippen molar-refractivity contribution >= 4 is 27.8 Å². The molecule has 8 nitrogen and oxygen atoms in total. The van der Waals surface area contributed by atoms with Crippen molar-refractivity contribution in [1.29, 1.82) is 0 Å². The van der Waals surface area contributed by atoms with Gasteiger partial charge in [0.25, 0.3) is 15.9 Å². The van der Waals surface area contributed by atoms with Crippen LogP contribution in [0.15, 0.2) is 76.7 Å². The van der Waals surface area contributed by atoms with E-state index in [0.29, 0.717) is 28.3 Å². The van der Waals surface area contributed by atoms with Crippen LogP contribution in [-0.4, -0.2) is 41.8 Å². The third-order valence-electron chi connectivity index (χ3n) is 4.98. The van der Waals surface area contributed by atoms with Crippen molar-refractivity contribution in [2.75, 3.05) is 25.6 Å². The summed E-state index contributed by atoms with van der Waals surface area (Å²) < 4.78 is 37.4. The predicted molar refractivity (Wildman–Crippen MR) is 128 cm³/mol. The number of para-hydroxylation sites is 1. The molecule has 1 N–H and O–H groups in total. The highest BCUT2D eigenvalue weighted by Gasteiger charge is 2.21. The first-order chi connectivity index (χ1) is 15.8. The van der Waals surface area contributed by atoms with Gasteiger partial charge in [0, 0.05) is 18.2 Å². The summed E-state index contributed by atoms with van der Waals surface area (Å²) in [6.07, 6.45) is 1.45. The van der Waals surface area contributed by atoms with Gasteiger partial charge in [-0.15, -0.1) is 0 Å². The van der Waals surface area contributed by atoms with Gasteiger partial charge in [0.05, 0.1) is 31.0 Å². The van der Waals surface area contributed by atoms with Crippen molar-refractivity contribution in [3.63, 3.8) is 0 Å². The number of hydrogen-bond donors (Lipinski definition) is 1. The summed E-state index contributed by atoms with van der Waals surface area (Å²) in [5, 5.41) is 3.98. The van der Waals surface area contributed by atoms with Crippen LogP contribution in [-0.2, 0) is 10.0 Å². The lowest BCUT2D eigenvalue weighted by Gasteiger charge is -2.19. The number of rotatable bonds is 8. The molecule has 0 saturated heterocycles. The molecule has 0 aliphatic heterocycles. The molecule has 0 aliphatic rings. The Hall–Kier alpha value is -3.85. The molecule has 1 amide bonds. The normalized spacial score (nSPS) is 11.3. The summed E-state index contributed by atoms with van der Waals surface area (Å²) in [6, 6.07) is 18.1. The van der Waals surface area contributed by atoms with Crippen molar-refractivity contribution in [2.45, 2.75) is 11.8 Å². The van der Waals surface area contributed by atoms with E-state index in [2.05, 4.69) is 10.5 Å². The van der Waals surface area contributed by atoms with Crippen LogP contribution in [0.1, 0.15) is 21.5 Å². The lowest BCUT2D eigenvalue weighted by molar-refractivity contribution is 0.0955. The lowest BCUT2D eigenvalue weighted by atomic mass is 10.2. The molecule has 9 heteroatoms. The van der Waals surface area contributed by atoms with Crippen LogP contribution in [0.25, 0.3) is 0 Å². The fourth-order valence-corrected chi connectivity index (χ4v) is 4.26. The maximum Gasteiger partial charge on any atom is 0.271 e. The molecule has 0 bridgehead atoms. The third-order valence-corrected chi connectivity index (χ3v) is 6.78. The highest BCUT2D eigenvalue weighted by Crippen LogP contribution is 2.29. The van der Waals surface area contributed by atoms with Gasteiger partial charge in [0.15, 0.2) is 11.5 Å². The van der Waals surface area contributed by atoms with Crippen LogP contribution in [0.5, 0.6) is 11.5 Å². The van der Waals surface area contributed by atoms with Crippen molar-refractivity contribution in [3.8, 4) is 11.5 Å². The Morgan fingerprint density at radius 3 is 2.24 bits per heavy atom. The number of carbonyl (C=O) groups excluding carboxylic acids is 1. The van der Waals surface area contributed by atoms with Crippen molar-refractivity contribution in [1.82, 2.24) is 5.43 Å². The van der Waals surface area contributed by atoms with Crippen LogP contribution >= 0.6 is 0 Å². The maximum atomic E-state index is 12.8. The molecule has 0 aliphatic carbocycles. The van der Waals surface area contributed by atoms with E-state index in [4.69, 9.17) is 9.47 Å². The molecular weight excluding hydrogens is 442 g/mol. The molecule has 3 aromatic carbocycles. The van der Waals surface area contributed by atoms with Crippen LogP contribution in [0.2, 0.25) is 0 Å². The maximum absolute atomic E-state index is 12.8. The summed E-state index contributed by atoms with van der Waals surface area (Å²) in [4.78, 5) is 12.6. The zero-order valence-electron chi connectivity index (χ0n) is 18.8. The SMILES string of the molecule is COc1cccc(/C=N\NC(=O)c2ccc(N(C)S(=O)(=O)c3ccc(C)cc3)cc2)c1OC. The predicted octanol–water partition coefficient (Wildman–Crippen LogP) is 3.60. The molecule has 3 rings (SSSR count). The van der Waals surface area contributed by atoms with Gasteiger partial charge in [-0.1, -0.05) is 23.8 Å². The first-order valence-electron chi connectivity index (χ1n) is 9.98. The Bertz CT molecular complexity index is 1250. The van der Waals surface area contributed by atoms with Crippen LogP contribution in [0.4, 0.5) is 5.69 Å². The van der Waals surface area contributed by atoms with Gasteiger partial charge in [-0.3, -0.25) is 9.10 Å². The number of anilines is 1. The smallest absolute Gasteiger partial charge is 0.271 e. The average Bonchev–Trinajstić information content (AvgIpc) is 2.83. The molecule has 33 heavy (non-hydrogen) atoms. The van der Waals surface area contributed by atoms with Crippen LogP contribution in [0, 0.1) is 6.92 Å². The van der Waals surface area contributed by atoms with Gasteiger partial charge < -0.3 is 9.47 Å². The standard InChI is InChI=1S/C24H25N3O5S/c1-17-8-14-21(15-9-17)33(29,30)27(2)20-12-10-18(11-13-20)24(28)26-25-16-19-6-5-7-22(31-3)23(19)32-4/h5-16H,1-4H3,(H,26,28)/b25-16-. The number of ether oxygens (including phenoxy) is 2. The summed E-state index contributed by atoms with van der Waals surface area (Å²) in [5.74, 6) is 0.608. The minimum Gasteiger partial charge on any atom is -0.493 e. The summed E-state index contributed by atoms with van der Waals surface area (Å²) in [5.41, 5.74) is 4.81. The van der Waals surface area contributed by atoms with E-state index in [0.717, 1.165) is 5.56 Å². The number of methoxy groups -OCH3 is 2.